The summed E-state index contributed by atoms with van der Waals surface area (Å²) < 4.78 is 5.69. The summed E-state index contributed by atoms with van der Waals surface area (Å²) in [5.41, 5.74) is 2.35. The second-order valence-electron chi connectivity index (χ2n) is 6.63. The Morgan fingerprint density at radius 1 is 0.967 bits per heavy atom. The van der Waals surface area contributed by atoms with Crippen molar-refractivity contribution in [2.45, 2.75) is 13.3 Å². The molecule has 2 heterocycles. The Hall–Kier alpha value is -3.71. The molecule has 7 heteroatoms. The SMILES string of the molecule is Cc1oc(-c2cccs2)nc1CC(=O)Nc1cccc(NC(=O)c2ccccc2)c1. The maximum atomic E-state index is 12.5. The highest BCUT2D eigenvalue weighted by Crippen LogP contribution is 2.26. The van der Waals surface area contributed by atoms with Crippen LogP contribution in [-0.2, 0) is 11.2 Å². The smallest absolute Gasteiger partial charge is 0.255 e. The van der Waals surface area contributed by atoms with Gasteiger partial charge in [-0.1, -0.05) is 30.3 Å². The summed E-state index contributed by atoms with van der Waals surface area (Å²) in [5, 5.41) is 7.63. The quantitative estimate of drug-likeness (QED) is 0.455. The first-order chi connectivity index (χ1) is 14.6. The van der Waals surface area contributed by atoms with Crippen molar-refractivity contribution in [1.29, 1.82) is 0 Å². The molecule has 0 fully saturated rings. The van der Waals surface area contributed by atoms with Gasteiger partial charge in [0.05, 0.1) is 17.0 Å². The van der Waals surface area contributed by atoms with Crippen molar-refractivity contribution >= 4 is 34.5 Å². The van der Waals surface area contributed by atoms with Crippen molar-refractivity contribution < 1.29 is 14.0 Å². The highest BCUT2D eigenvalue weighted by atomic mass is 32.1. The van der Waals surface area contributed by atoms with Gasteiger partial charge < -0.3 is 15.1 Å². The van der Waals surface area contributed by atoms with Crippen LogP contribution in [0.25, 0.3) is 10.8 Å². The highest BCUT2D eigenvalue weighted by molar-refractivity contribution is 7.13. The van der Waals surface area contributed by atoms with Crippen LogP contribution < -0.4 is 10.6 Å². The number of carbonyl (C=O) groups is 2. The van der Waals surface area contributed by atoms with E-state index < -0.39 is 0 Å². The highest BCUT2D eigenvalue weighted by Gasteiger charge is 2.15. The van der Waals surface area contributed by atoms with Crippen LogP contribution in [0, 0.1) is 6.92 Å². The summed E-state index contributed by atoms with van der Waals surface area (Å²) >= 11 is 1.53. The lowest BCUT2D eigenvalue weighted by atomic mass is 10.2. The molecular formula is C23H19N3O3S. The van der Waals surface area contributed by atoms with Gasteiger partial charge in [0, 0.05) is 16.9 Å². The van der Waals surface area contributed by atoms with E-state index in [1.54, 1.807) is 55.5 Å². The third kappa shape index (κ3) is 4.64. The van der Waals surface area contributed by atoms with E-state index in [4.69, 9.17) is 4.42 Å². The average molecular weight is 417 g/mol. The molecule has 2 amide bonds. The molecule has 0 aliphatic heterocycles. The van der Waals surface area contributed by atoms with E-state index >= 15 is 0 Å². The molecule has 0 saturated heterocycles. The van der Waals surface area contributed by atoms with Gasteiger partial charge >= 0.3 is 0 Å². The standard InChI is InChI=1S/C23H19N3O3S/c1-15-19(26-23(29-15)20-11-6-12-30-20)14-21(27)24-17-9-5-10-18(13-17)25-22(28)16-7-3-2-4-8-16/h2-13H,14H2,1H3,(H,24,27)(H,25,28). The van der Waals surface area contributed by atoms with Crippen LogP contribution in [-0.4, -0.2) is 16.8 Å². The fraction of sp³-hybridized carbons (Fsp3) is 0.0870. The largest absolute Gasteiger partial charge is 0.440 e. The molecule has 0 bridgehead atoms. The lowest BCUT2D eigenvalue weighted by Crippen LogP contribution is -2.16. The number of oxazole rings is 1. The van der Waals surface area contributed by atoms with Crippen molar-refractivity contribution in [1.82, 2.24) is 4.98 Å². The summed E-state index contributed by atoms with van der Waals surface area (Å²) in [6.45, 7) is 1.80. The Morgan fingerprint density at radius 2 is 1.73 bits per heavy atom. The fourth-order valence-electron chi connectivity index (χ4n) is 2.92. The van der Waals surface area contributed by atoms with E-state index in [2.05, 4.69) is 15.6 Å². The number of nitrogens with one attached hydrogen (secondary N) is 2. The van der Waals surface area contributed by atoms with E-state index in [-0.39, 0.29) is 18.2 Å². The number of carbonyl (C=O) groups excluding carboxylic acids is 2. The van der Waals surface area contributed by atoms with E-state index in [0.717, 1.165) is 4.88 Å². The monoisotopic (exact) mass is 417 g/mol. The van der Waals surface area contributed by atoms with Gasteiger partial charge in [0.15, 0.2) is 0 Å². The zero-order valence-electron chi connectivity index (χ0n) is 16.2. The van der Waals surface area contributed by atoms with Crippen LogP contribution in [0.15, 0.2) is 76.5 Å². The molecular weight excluding hydrogens is 398 g/mol. The number of amides is 2. The van der Waals surface area contributed by atoms with Gasteiger partial charge in [-0.05, 0) is 48.7 Å². The molecule has 0 atom stereocenters. The molecule has 2 aromatic heterocycles. The second-order valence-corrected chi connectivity index (χ2v) is 7.57. The minimum Gasteiger partial charge on any atom is -0.440 e. The normalized spacial score (nSPS) is 10.6. The van der Waals surface area contributed by atoms with E-state index in [1.165, 1.54) is 11.3 Å². The predicted molar refractivity (Wildman–Crippen MR) is 118 cm³/mol. The first-order valence-electron chi connectivity index (χ1n) is 9.35. The molecule has 0 aliphatic rings. The lowest BCUT2D eigenvalue weighted by Gasteiger charge is -2.09. The number of nitrogens with zero attached hydrogens (tertiary/aromatic N) is 1. The zero-order valence-corrected chi connectivity index (χ0v) is 17.0. The van der Waals surface area contributed by atoms with Crippen LogP contribution in [0.2, 0.25) is 0 Å². The topological polar surface area (TPSA) is 84.2 Å². The predicted octanol–water partition coefficient (Wildman–Crippen LogP) is 5.15. The molecule has 2 N–H and O–H groups in total. The summed E-state index contributed by atoms with van der Waals surface area (Å²) in [6.07, 6.45) is 0.0985. The molecule has 30 heavy (non-hydrogen) atoms. The van der Waals surface area contributed by atoms with Gasteiger partial charge in [-0.2, -0.15) is 0 Å². The van der Waals surface area contributed by atoms with Crippen molar-refractivity contribution in [2.75, 3.05) is 10.6 Å². The third-order valence-corrected chi connectivity index (χ3v) is 5.25. The number of aryl methyl sites for hydroxylation is 1. The van der Waals surface area contributed by atoms with Crippen molar-refractivity contribution in [3.8, 4) is 10.8 Å². The van der Waals surface area contributed by atoms with Crippen molar-refractivity contribution in [3.05, 3.63) is 89.1 Å². The lowest BCUT2D eigenvalue weighted by molar-refractivity contribution is -0.115. The van der Waals surface area contributed by atoms with E-state index in [9.17, 15) is 9.59 Å². The van der Waals surface area contributed by atoms with Gasteiger partial charge in [0.1, 0.15) is 5.76 Å². The molecule has 0 radical (unpaired) electrons. The summed E-state index contributed by atoms with van der Waals surface area (Å²) in [4.78, 5) is 30.2. The van der Waals surface area contributed by atoms with E-state index in [1.807, 2.05) is 23.6 Å². The Labute approximate surface area is 177 Å². The Morgan fingerprint density at radius 3 is 2.47 bits per heavy atom. The molecule has 6 nitrogen and oxygen atoms in total. The number of thiophene rings is 1. The second kappa shape index (κ2) is 8.75. The molecule has 0 unspecified atom stereocenters. The van der Waals surface area contributed by atoms with Gasteiger partial charge in [0.2, 0.25) is 11.8 Å². The molecule has 150 valence electrons. The van der Waals surface area contributed by atoms with Gasteiger partial charge in [-0.15, -0.1) is 11.3 Å². The minimum absolute atomic E-state index is 0.0985. The number of anilines is 2. The molecule has 4 rings (SSSR count). The first-order valence-corrected chi connectivity index (χ1v) is 10.2. The Bertz CT molecular complexity index is 1170. The molecule has 4 aromatic rings. The molecule has 0 spiro atoms. The molecule has 2 aromatic carbocycles. The summed E-state index contributed by atoms with van der Waals surface area (Å²) in [6, 6.07) is 19.8. The van der Waals surface area contributed by atoms with Crippen LogP contribution in [0.1, 0.15) is 21.8 Å². The van der Waals surface area contributed by atoms with Crippen LogP contribution in [0.5, 0.6) is 0 Å². The van der Waals surface area contributed by atoms with Crippen LogP contribution in [0.4, 0.5) is 11.4 Å². The number of aromatic nitrogens is 1. The number of rotatable bonds is 6. The first kappa shape index (κ1) is 19.6. The fourth-order valence-corrected chi connectivity index (χ4v) is 3.57. The van der Waals surface area contributed by atoms with Gasteiger partial charge in [-0.3, -0.25) is 9.59 Å². The molecule has 0 saturated carbocycles. The van der Waals surface area contributed by atoms with Gasteiger partial charge in [0.25, 0.3) is 5.91 Å². The third-order valence-electron chi connectivity index (χ3n) is 4.39. The Balaban J connectivity index is 1.40. The van der Waals surface area contributed by atoms with Crippen molar-refractivity contribution in [2.24, 2.45) is 0 Å². The maximum absolute atomic E-state index is 12.5. The summed E-state index contributed by atoms with van der Waals surface area (Å²) in [7, 11) is 0. The molecule has 0 aliphatic carbocycles. The minimum atomic E-state index is -0.212. The van der Waals surface area contributed by atoms with Crippen molar-refractivity contribution in [3.63, 3.8) is 0 Å². The number of benzene rings is 2. The Kier molecular flexibility index (Phi) is 5.72. The van der Waals surface area contributed by atoms with Crippen LogP contribution >= 0.6 is 11.3 Å². The number of hydrogen-bond donors (Lipinski definition) is 2. The number of hydrogen-bond acceptors (Lipinski definition) is 5. The maximum Gasteiger partial charge on any atom is 0.255 e. The average Bonchev–Trinajstić information content (AvgIpc) is 3.39. The zero-order chi connectivity index (χ0) is 20.9. The van der Waals surface area contributed by atoms with E-state index in [0.29, 0.717) is 34.3 Å². The van der Waals surface area contributed by atoms with Gasteiger partial charge in [-0.25, -0.2) is 4.98 Å². The summed E-state index contributed by atoms with van der Waals surface area (Å²) in [5.74, 6) is 0.724. The van der Waals surface area contributed by atoms with Crippen LogP contribution in [0.3, 0.4) is 0 Å².